The van der Waals surface area contributed by atoms with Gasteiger partial charge in [0, 0.05) is 28.0 Å². The van der Waals surface area contributed by atoms with Crippen LogP contribution in [0.3, 0.4) is 0 Å². The Morgan fingerprint density at radius 3 is 1.70 bits per heavy atom. The predicted octanol–water partition coefficient (Wildman–Crippen LogP) is 13.2. The van der Waals surface area contributed by atoms with Crippen LogP contribution in [-0.2, 0) is 0 Å². The third kappa shape index (κ3) is 5.59. The second-order valence-corrected chi connectivity index (χ2v) is 12.7. The van der Waals surface area contributed by atoms with Gasteiger partial charge in [0.2, 0.25) is 5.89 Å². The SMILES string of the molecule is C1=CC(c2ccc(N(c3ccc(-c4ccccc4)cc3)c3ccc(-c4cccc5c4ccc4nc(-c6ccccc6)oc45)cc3)cc2)=CCC1. The molecule has 50 heavy (non-hydrogen) atoms. The number of hydrogen-bond donors (Lipinski definition) is 0. The van der Waals surface area contributed by atoms with Crippen molar-refractivity contribution < 1.29 is 4.42 Å². The van der Waals surface area contributed by atoms with Crippen LogP contribution in [0.2, 0.25) is 0 Å². The maximum Gasteiger partial charge on any atom is 0.227 e. The smallest absolute Gasteiger partial charge is 0.227 e. The van der Waals surface area contributed by atoms with Crippen molar-refractivity contribution >= 4 is 44.5 Å². The van der Waals surface area contributed by atoms with Crippen molar-refractivity contribution in [2.24, 2.45) is 0 Å². The van der Waals surface area contributed by atoms with E-state index in [-0.39, 0.29) is 0 Å². The fourth-order valence-corrected chi connectivity index (χ4v) is 7.00. The zero-order valence-corrected chi connectivity index (χ0v) is 27.5. The van der Waals surface area contributed by atoms with E-state index in [0.717, 1.165) is 68.5 Å². The zero-order chi connectivity index (χ0) is 33.3. The Labute approximate surface area is 292 Å². The minimum Gasteiger partial charge on any atom is -0.435 e. The fourth-order valence-electron chi connectivity index (χ4n) is 7.00. The first kappa shape index (κ1) is 29.7. The molecule has 1 aliphatic carbocycles. The van der Waals surface area contributed by atoms with Crippen molar-refractivity contribution in [1.82, 2.24) is 4.98 Å². The minimum absolute atomic E-state index is 0.639. The lowest BCUT2D eigenvalue weighted by molar-refractivity contribution is 0.623. The molecule has 0 N–H and O–H groups in total. The highest BCUT2D eigenvalue weighted by Crippen LogP contribution is 2.39. The van der Waals surface area contributed by atoms with Crippen LogP contribution in [0, 0.1) is 0 Å². The molecule has 1 aliphatic rings. The normalized spacial score (nSPS) is 12.7. The number of benzene rings is 7. The van der Waals surface area contributed by atoms with Gasteiger partial charge in [-0.15, -0.1) is 0 Å². The lowest BCUT2D eigenvalue weighted by atomic mass is 9.97. The average molecular weight is 643 g/mol. The minimum atomic E-state index is 0.639. The molecule has 0 amide bonds. The molecule has 0 saturated heterocycles. The van der Waals surface area contributed by atoms with E-state index in [4.69, 9.17) is 9.40 Å². The molecule has 0 spiro atoms. The summed E-state index contributed by atoms with van der Waals surface area (Å²) in [6.45, 7) is 0. The number of anilines is 3. The van der Waals surface area contributed by atoms with Gasteiger partial charge in [0.15, 0.2) is 5.58 Å². The third-order valence-electron chi connectivity index (χ3n) is 9.56. The molecular weight excluding hydrogens is 609 g/mol. The van der Waals surface area contributed by atoms with Gasteiger partial charge in [0.25, 0.3) is 0 Å². The van der Waals surface area contributed by atoms with Gasteiger partial charge in [-0.05, 0) is 106 Å². The highest BCUT2D eigenvalue weighted by Gasteiger charge is 2.16. The van der Waals surface area contributed by atoms with Gasteiger partial charge in [-0.25, -0.2) is 4.98 Å². The molecule has 1 heterocycles. The monoisotopic (exact) mass is 642 g/mol. The van der Waals surface area contributed by atoms with E-state index in [2.05, 4.69) is 157 Å². The van der Waals surface area contributed by atoms with Gasteiger partial charge < -0.3 is 9.32 Å². The van der Waals surface area contributed by atoms with Gasteiger partial charge >= 0.3 is 0 Å². The molecule has 8 aromatic rings. The van der Waals surface area contributed by atoms with E-state index >= 15 is 0 Å². The molecule has 0 saturated carbocycles. The molecule has 0 unspecified atom stereocenters. The molecule has 0 fully saturated rings. The largest absolute Gasteiger partial charge is 0.435 e. The second-order valence-electron chi connectivity index (χ2n) is 12.7. The summed E-state index contributed by atoms with van der Waals surface area (Å²) < 4.78 is 6.37. The number of fused-ring (bicyclic) bond motifs is 3. The lowest BCUT2D eigenvalue weighted by Crippen LogP contribution is -2.10. The van der Waals surface area contributed by atoms with Crippen LogP contribution in [0.5, 0.6) is 0 Å². The van der Waals surface area contributed by atoms with Crippen LogP contribution in [0.25, 0.3) is 61.2 Å². The first-order valence-corrected chi connectivity index (χ1v) is 17.2. The van der Waals surface area contributed by atoms with Crippen molar-refractivity contribution in [2.75, 3.05) is 4.90 Å². The van der Waals surface area contributed by atoms with Gasteiger partial charge in [0.05, 0.1) is 0 Å². The van der Waals surface area contributed by atoms with E-state index < -0.39 is 0 Å². The highest BCUT2D eigenvalue weighted by atomic mass is 16.3. The van der Waals surface area contributed by atoms with E-state index in [0.29, 0.717) is 5.89 Å². The summed E-state index contributed by atoms with van der Waals surface area (Å²) in [4.78, 5) is 7.13. The van der Waals surface area contributed by atoms with Crippen molar-refractivity contribution in [1.29, 1.82) is 0 Å². The Morgan fingerprint density at radius 1 is 0.460 bits per heavy atom. The summed E-state index contributed by atoms with van der Waals surface area (Å²) in [6.07, 6.45) is 9.03. The van der Waals surface area contributed by atoms with Crippen molar-refractivity contribution in [3.8, 4) is 33.7 Å². The van der Waals surface area contributed by atoms with Gasteiger partial charge in [0.1, 0.15) is 5.52 Å². The summed E-state index contributed by atoms with van der Waals surface area (Å²) in [6, 6.07) is 57.9. The Kier molecular flexibility index (Phi) is 7.64. The van der Waals surface area contributed by atoms with Gasteiger partial charge in [-0.1, -0.05) is 127 Å². The maximum absolute atomic E-state index is 6.37. The van der Waals surface area contributed by atoms with E-state index in [1.54, 1.807) is 0 Å². The number of nitrogens with zero attached hydrogens (tertiary/aromatic N) is 2. The highest BCUT2D eigenvalue weighted by molar-refractivity contribution is 6.09. The Balaban J connectivity index is 1.09. The van der Waals surface area contributed by atoms with Crippen molar-refractivity contribution in [3.63, 3.8) is 0 Å². The molecule has 1 aromatic heterocycles. The first-order chi connectivity index (χ1) is 24.8. The summed E-state index contributed by atoms with van der Waals surface area (Å²) in [5.41, 5.74) is 13.2. The molecule has 7 aromatic carbocycles. The molecule has 0 bridgehead atoms. The topological polar surface area (TPSA) is 29.3 Å². The number of aromatic nitrogens is 1. The Hall–Kier alpha value is -6.45. The van der Waals surface area contributed by atoms with E-state index in [1.165, 1.54) is 22.3 Å². The molecule has 3 heteroatoms. The number of rotatable bonds is 7. The molecule has 9 rings (SSSR count). The number of allylic oxidation sites excluding steroid dienone is 4. The number of oxazole rings is 1. The summed E-state index contributed by atoms with van der Waals surface area (Å²) >= 11 is 0. The Bertz CT molecular complexity index is 2490. The van der Waals surface area contributed by atoms with Crippen LogP contribution in [0.15, 0.2) is 186 Å². The fraction of sp³-hybridized carbons (Fsp3) is 0.0426. The third-order valence-corrected chi connectivity index (χ3v) is 9.56. The summed E-state index contributed by atoms with van der Waals surface area (Å²) in [5.74, 6) is 0.639. The van der Waals surface area contributed by atoms with Crippen LogP contribution < -0.4 is 4.90 Å². The summed E-state index contributed by atoms with van der Waals surface area (Å²) in [5, 5.41) is 2.19. The first-order valence-electron chi connectivity index (χ1n) is 17.2. The van der Waals surface area contributed by atoms with E-state index in [9.17, 15) is 0 Å². The van der Waals surface area contributed by atoms with E-state index in [1.807, 2.05) is 30.3 Å². The summed E-state index contributed by atoms with van der Waals surface area (Å²) in [7, 11) is 0. The molecule has 0 atom stereocenters. The molecule has 0 radical (unpaired) electrons. The van der Waals surface area contributed by atoms with Crippen LogP contribution in [-0.4, -0.2) is 4.98 Å². The van der Waals surface area contributed by atoms with Crippen LogP contribution in [0.1, 0.15) is 18.4 Å². The van der Waals surface area contributed by atoms with Crippen LogP contribution in [0.4, 0.5) is 17.1 Å². The van der Waals surface area contributed by atoms with Gasteiger partial charge in [-0.3, -0.25) is 0 Å². The average Bonchev–Trinajstić information content (AvgIpc) is 3.65. The second kappa shape index (κ2) is 12.9. The predicted molar refractivity (Wildman–Crippen MR) is 209 cm³/mol. The van der Waals surface area contributed by atoms with Crippen LogP contribution >= 0.6 is 0 Å². The van der Waals surface area contributed by atoms with Crippen molar-refractivity contribution in [3.05, 3.63) is 188 Å². The van der Waals surface area contributed by atoms with Gasteiger partial charge in [-0.2, -0.15) is 0 Å². The molecule has 238 valence electrons. The molecular formula is C47H34N2O. The molecule has 3 nitrogen and oxygen atoms in total. The Morgan fingerprint density at radius 2 is 1.06 bits per heavy atom. The zero-order valence-electron chi connectivity index (χ0n) is 27.5. The molecule has 0 aliphatic heterocycles. The lowest BCUT2D eigenvalue weighted by Gasteiger charge is -2.26. The quantitative estimate of drug-likeness (QED) is 0.173. The maximum atomic E-state index is 6.37. The van der Waals surface area contributed by atoms with Crippen molar-refractivity contribution in [2.45, 2.75) is 12.8 Å². The number of hydrogen-bond acceptors (Lipinski definition) is 3. The standard InChI is InChI=1S/C47H34N2O/c1-4-11-33(12-5-1)35-19-25-39(26-20-35)49(40-27-21-36(22-28-40)34-13-6-2-7-14-34)41-29-23-37(24-30-41)42-17-10-18-44-43(42)31-32-45-46(44)50-47(48-45)38-15-8-3-9-16-38/h1,3-6,8-32H,2,7H2.